The van der Waals surface area contributed by atoms with E-state index >= 15 is 0 Å². The van der Waals surface area contributed by atoms with Gasteiger partial charge >= 0.3 is 0 Å². The van der Waals surface area contributed by atoms with Crippen molar-refractivity contribution in [3.05, 3.63) is 70.0 Å². The number of anilines is 1. The van der Waals surface area contributed by atoms with Crippen molar-refractivity contribution in [2.45, 2.75) is 25.3 Å². The summed E-state index contributed by atoms with van der Waals surface area (Å²) in [6.07, 6.45) is 4.97. The normalized spacial score (nSPS) is 17.4. The minimum atomic E-state index is -0.186. The number of thiophene rings is 1. The molecule has 1 amide bonds. The van der Waals surface area contributed by atoms with E-state index < -0.39 is 0 Å². The molecule has 0 radical (unpaired) electrons. The summed E-state index contributed by atoms with van der Waals surface area (Å²) in [6, 6.07) is 15.4. The number of benzene rings is 1. The van der Waals surface area contributed by atoms with Gasteiger partial charge in [0, 0.05) is 23.2 Å². The number of hydrogen-bond donors (Lipinski definition) is 3. The van der Waals surface area contributed by atoms with E-state index in [0.717, 1.165) is 40.9 Å². The highest BCUT2D eigenvalue weighted by Gasteiger charge is 2.33. The number of H-pyrrole nitrogens is 1. The third-order valence-electron chi connectivity index (χ3n) is 6.09. The Morgan fingerprint density at radius 3 is 2.82 bits per heavy atom. The Morgan fingerprint density at radius 2 is 2.03 bits per heavy atom. The molecule has 172 valence electrons. The SMILES string of the molecule is CNCCC1CC(n2c(NC(=O)c3ccc(-c4cc[nH]c(=O)c4)s3)nc3ccccc32)C1.S. The molecule has 0 spiro atoms. The molecule has 3 heterocycles. The monoisotopic (exact) mass is 481 g/mol. The zero-order valence-corrected chi connectivity index (χ0v) is 20.1. The zero-order valence-electron chi connectivity index (χ0n) is 18.3. The molecule has 4 aromatic rings. The van der Waals surface area contributed by atoms with Crippen LogP contribution in [-0.4, -0.2) is 34.0 Å². The number of nitrogens with zero attached hydrogens (tertiary/aromatic N) is 2. The number of para-hydroxylation sites is 2. The lowest BCUT2D eigenvalue weighted by Gasteiger charge is -2.37. The molecule has 9 heteroatoms. The van der Waals surface area contributed by atoms with Gasteiger partial charge in [0.25, 0.3) is 5.91 Å². The Kier molecular flexibility index (Phi) is 7.02. The first kappa shape index (κ1) is 23.3. The van der Waals surface area contributed by atoms with Crippen LogP contribution in [0.15, 0.2) is 59.5 Å². The van der Waals surface area contributed by atoms with Crippen LogP contribution >= 0.6 is 24.8 Å². The lowest BCUT2D eigenvalue weighted by molar-refractivity contribution is 0.102. The third kappa shape index (κ3) is 4.75. The number of fused-ring (bicyclic) bond motifs is 1. The summed E-state index contributed by atoms with van der Waals surface area (Å²) in [5.41, 5.74) is 2.57. The van der Waals surface area contributed by atoms with E-state index in [0.29, 0.717) is 22.8 Å². The molecule has 0 atom stereocenters. The molecule has 1 aromatic carbocycles. The molecule has 0 bridgehead atoms. The zero-order chi connectivity index (χ0) is 22.1. The van der Waals surface area contributed by atoms with E-state index in [1.54, 1.807) is 12.3 Å². The first-order chi connectivity index (χ1) is 15.6. The number of amides is 1. The fourth-order valence-corrected chi connectivity index (χ4v) is 5.27. The molecule has 0 saturated heterocycles. The molecule has 1 aliphatic carbocycles. The lowest BCUT2D eigenvalue weighted by atomic mass is 9.78. The number of aromatic nitrogens is 3. The molecule has 33 heavy (non-hydrogen) atoms. The summed E-state index contributed by atoms with van der Waals surface area (Å²) in [4.78, 5) is 33.5. The van der Waals surface area contributed by atoms with Gasteiger partial charge in [-0.05, 0) is 74.7 Å². The minimum absolute atomic E-state index is 0. The smallest absolute Gasteiger partial charge is 0.268 e. The van der Waals surface area contributed by atoms with Crippen molar-refractivity contribution in [3.63, 3.8) is 0 Å². The molecule has 1 fully saturated rings. The van der Waals surface area contributed by atoms with E-state index in [2.05, 4.69) is 26.3 Å². The highest BCUT2D eigenvalue weighted by atomic mass is 32.1. The topological polar surface area (TPSA) is 91.8 Å². The van der Waals surface area contributed by atoms with E-state index in [1.807, 2.05) is 37.4 Å². The molecule has 0 aliphatic heterocycles. The summed E-state index contributed by atoms with van der Waals surface area (Å²) in [5.74, 6) is 1.11. The van der Waals surface area contributed by atoms with Crippen molar-refractivity contribution in [2.24, 2.45) is 5.92 Å². The van der Waals surface area contributed by atoms with Crippen LogP contribution in [0, 0.1) is 5.92 Å². The maximum absolute atomic E-state index is 13.1. The second kappa shape index (κ2) is 9.94. The molecule has 1 saturated carbocycles. The van der Waals surface area contributed by atoms with Gasteiger partial charge in [0.05, 0.1) is 15.9 Å². The second-order valence-electron chi connectivity index (χ2n) is 8.24. The number of hydrogen-bond acceptors (Lipinski definition) is 5. The maximum Gasteiger partial charge on any atom is 0.268 e. The lowest BCUT2D eigenvalue weighted by Crippen LogP contribution is -2.30. The molecule has 5 rings (SSSR count). The van der Waals surface area contributed by atoms with Gasteiger partial charge in [0.1, 0.15) is 0 Å². The van der Waals surface area contributed by atoms with Gasteiger partial charge < -0.3 is 14.9 Å². The standard InChI is InChI=1S/C24H25N5O2S.H2S/c1-25-10-8-15-12-17(13-15)29-19-5-3-2-4-18(19)27-24(29)28-23(31)21-7-6-20(32-21)16-9-11-26-22(30)14-16;/h2-7,9,11,14-15,17,25H,8,10,12-13H2,1H3,(H,26,30)(H,27,28,31);1H2. The van der Waals surface area contributed by atoms with Gasteiger partial charge in [-0.2, -0.15) is 13.5 Å². The predicted octanol–water partition coefficient (Wildman–Crippen LogP) is 4.38. The van der Waals surface area contributed by atoms with Crippen LogP contribution in [0.25, 0.3) is 21.5 Å². The number of imidazole rings is 1. The third-order valence-corrected chi connectivity index (χ3v) is 7.22. The number of aromatic amines is 1. The Morgan fingerprint density at radius 1 is 1.21 bits per heavy atom. The van der Waals surface area contributed by atoms with Gasteiger partial charge in [0.2, 0.25) is 11.5 Å². The van der Waals surface area contributed by atoms with Crippen LogP contribution in [0.4, 0.5) is 5.95 Å². The summed E-state index contributed by atoms with van der Waals surface area (Å²) < 4.78 is 2.19. The van der Waals surface area contributed by atoms with Crippen molar-refractivity contribution in [2.75, 3.05) is 18.9 Å². The molecule has 1 aliphatic rings. The molecule has 3 N–H and O–H groups in total. The Hall–Kier alpha value is -2.88. The number of carbonyl (C=O) groups is 1. The van der Waals surface area contributed by atoms with Crippen molar-refractivity contribution in [3.8, 4) is 10.4 Å². The number of nitrogens with one attached hydrogen (secondary N) is 3. The van der Waals surface area contributed by atoms with Crippen molar-refractivity contribution in [1.82, 2.24) is 19.9 Å². The van der Waals surface area contributed by atoms with Crippen molar-refractivity contribution >= 4 is 47.7 Å². The molecule has 7 nitrogen and oxygen atoms in total. The van der Waals surface area contributed by atoms with Crippen LogP contribution in [0.2, 0.25) is 0 Å². The summed E-state index contributed by atoms with van der Waals surface area (Å²) >= 11 is 1.36. The van der Waals surface area contributed by atoms with Gasteiger partial charge in [-0.1, -0.05) is 12.1 Å². The van der Waals surface area contributed by atoms with E-state index in [1.165, 1.54) is 23.8 Å². The Balaban J connectivity index is 0.00000259. The average Bonchev–Trinajstić information content (AvgIpc) is 3.38. The first-order valence-corrected chi connectivity index (χ1v) is 11.7. The quantitative estimate of drug-likeness (QED) is 0.365. The summed E-state index contributed by atoms with van der Waals surface area (Å²) in [6.45, 7) is 1.03. The van der Waals surface area contributed by atoms with Gasteiger partial charge in [-0.25, -0.2) is 4.98 Å². The molecule has 3 aromatic heterocycles. The van der Waals surface area contributed by atoms with E-state index in [-0.39, 0.29) is 25.0 Å². The summed E-state index contributed by atoms with van der Waals surface area (Å²) in [7, 11) is 1.99. The van der Waals surface area contributed by atoms with E-state index in [9.17, 15) is 9.59 Å². The van der Waals surface area contributed by atoms with Crippen LogP contribution in [-0.2, 0) is 0 Å². The molecular formula is C24H27N5O2S2. The fourth-order valence-electron chi connectivity index (χ4n) is 4.37. The van der Waals surface area contributed by atoms with Crippen LogP contribution in [0.5, 0.6) is 0 Å². The highest BCUT2D eigenvalue weighted by molar-refractivity contribution is 7.59. The van der Waals surface area contributed by atoms with E-state index in [4.69, 9.17) is 4.98 Å². The summed E-state index contributed by atoms with van der Waals surface area (Å²) in [5, 5.41) is 6.27. The van der Waals surface area contributed by atoms with Gasteiger partial charge in [0.15, 0.2) is 0 Å². The average molecular weight is 482 g/mol. The van der Waals surface area contributed by atoms with Gasteiger partial charge in [-0.3, -0.25) is 14.9 Å². The number of carbonyl (C=O) groups excluding carboxylic acids is 1. The number of pyridine rings is 1. The first-order valence-electron chi connectivity index (χ1n) is 10.8. The predicted molar refractivity (Wildman–Crippen MR) is 139 cm³/mol. The number of rotatable bonds is 7. The molecular weight excluding hydrogens is 454 g/mol. The fraction of sp³-hybridized carbons (Fsp3) is 0.292. The van der Waals surface area contributed by atoms with Crippen molar-refractivity contribution in [1.29, 1.82) is 0 Å². The largest absolute Gasteiger partial charge is 0.329 e. The Bertz CT molecular complexity index is 1320. The van der Waals surface area contributed by atoms with Crippen LogP contribution in [0.3, 0.4) is 0 Å². The van der Waals surface area contributed by atoms with Crippen molar-refractivity contribution < 1.29 is 4.79 Å². The minimum Gasteiger partial charge on any atom is -0.329 e. The molecule has 0 unspecified atom stereocenters. The van der Waals surface area contributed by atoms with Crippen LogP contribution in [0.1, 0.15) is 35.0 Å². The second-order valence-corrected chi connectivity index (χ2v) is 9.32. The maximum atomic E-state index is 13.1. The van der Waals surface area contributed by atoms with Crippen LogP contribution < -0.4 is 16.2 Å². The Labute approximate surface area is 202 Å². The highest BCUT2D eigenvalue weighted by Crippen LogP contribution is 2.43. The van der Waals surface area contributed by atoms with Gasteiger partial charge in [-0.15, -0.1) is 11.3 Å².